The van der Waals surface area contributed by atoms with E-state index < -0.39 is 11.9 Å². The van der Waals surface area contributed by atoms with Crippen LogP contribution in [0.4, 0.5) is 0 Å². The number of nitrogens with zero attached hydrogens (tertiary/aromatic N) is 2. The van der Waals surface area contributed by atoms with Gasteiger partial charge < -0.3 is 36.9 Å². The van der Waals surface area contributed by atoms with E-state index in [1.807, 2.05) is 12.1 Å². The molecule has 0 unspecified atom stereocenters. The predicted octanol–water partition coefficient (Wildman–Crippen LogP) is -1.85. The van der Waals surface area contributed by atoms with Gasteiger partial charge >= 0.3 is 71.1 Å². The second-order valence-corrected chi connectivity index (χ2v) is 10.3. The van der Waals surface area contributed by atoms with E-state index in [9.17, 15) is 19.2 Å². The molecule has 43 heavy (non-hydrogen) atoms. The van der Waals surface area contributed by atoms with E-state index in [-0.39, 0.29) is 112 Å². The van der Waals surface area contributed by atoms with Crippen molar-refractivity contribution in [2.24, 2.45) is 0 Å². The maximum absolute atomic E-state index is 12.4. The summed E-state index contributed by atoms with van der Waals surface area (Å²) in [7, 11) is 3.03. The number of benzene rings is 1. The zero-order valence-electron chi connectivity index (χ0n) is 26.6. The number of thiophene rings is 1. The van der Waals surface area contributed by atoms with Crippen LogP contribution in [0.15, 0.2) is 24.3 Å². The van der Waals surface area contributed by atoms with Crippen LogP contribution in [0.1, 0.15) is 55.8 Å². The molecule has 4 rings (SSSR count). The smallest absolute Gasteiger partial charge is 1.00 e. The van der Waals surface area contributed by atoms with Gasteiger partial charge in [0.2, 0.25) is 5.91 Å². The Morgan fingerprint density at radius 3 is 2.07 bits per heavy atom. The minimum atomic E-state index is -1.03. The zero-order valence-corrected chi connectivity index (χ0v) is 29.5. The van der Waals surface area contributed by atoms with Crippen LogP contribution < -0.4 is 78.1 Å². The number of pyridine rings is 1. The third-order valence-corrected chi connectivity index (χ3v) is 7.49. The van der Waals surface area contributed by atoms with Crippen LogP contribution in [-0.2, 0) is 27.5 Å². The summed E-state index contributed by atoms with van der Waals surface area (Å²) in [5.74, 6) is -0.763. The molecule has 0 spiro atoms. The van der Waals surface area contributed by atoms with Crippen LogP contribution in [0, 0.1) is 0 Å². The first-order valence-corrected chi connectivity index (χ1v) is 13.7. The molecule has 0 atom stereocenters. The number of amides is 1. The second-order valence-electron chi connectivity index (χ2n) is 9.28. The fourth-order valence-electron chi connectivity index (χ4n) is 4.30. The number of aliphatic carboxylic acids is 2. The topological polar surface area (TPSA) is 162 Å². The zero-order chi connectivity index (χ0) is 29.5. The monoisotopic (exact) mass is 634 g/mol. The molecule has 0 bridgehead atoms. The Labute approximate surface area is 299 Å². The van der Waals surface area contributed by atoms with Crippen molar-refractivity contribution in [2.75, 3.05) is 27.4 Å². The average molecular weight is 635 g/mol. The van der Waals surface area contributed by atoms with Gasteiger partial charge in [-0.1, -0.05) is 0 Å². The van der Waals surface area contributed by atoms with E-state index in [1.165, 1.54) is 25.6 Å². The van der Waals surface area contributed by atoms with Crippen LogP contribution in [0.2, 0.25) is 0 Å². The fourth-order valence-corrected chi connectivity index (χ4v) is 5.28. The molecule has 0 radical (unpaired) electrons. The van der Waals surface area contributed by atoms with Gasteiger partial charge in [0.15, 0.2) is 23.0 Å². The Hall–Kier alpha value is -2.39. The van der Waals surface area contributed by atoms with Crippen LogP contribution in [0.5, 0.6) is 23.1 Å². The van der Waals surface area contributed by atoms with E-state index in [2.05, 4.69) is 4.98 Å². The number of fused-ring (bicyclic) bond motifs is 2. The van der Waals surface area contributed by atoms with Crippen LogP contribution in [-0.4, -0.2) is 71.2 Å². The Morgan fingerprint density at radius 1 is 0.837 bits per heavy atom. The summed E-state index contributed by atoms with van der Waals surface area (Å²) in [5, 5.41) is 18.4. The number of Topliss-reactive ketones (excluding diaryl/α,β-unsaturated/α-hetero) is 1. The summed E-state index contributed by atoms with van der Waals surface area (Å²) in [6, 6.07) is 7.07. The minimum absolute atomic E-state index is 0. The van der Waals surface area contributed by atoms with E-state index >= 15 is 0 Å². The summed E-state index contributed by atoms with van der Waals surface area (Å²) >= 11 is 1.17. The summed E-state index contributed by atoms with van der Waals surface area (Å²) in [6.07, 6.45) is -0.0598. The third-order valence-electron chi connectivity index (χ3n) is 6.40. The number of aromatic nitrogens is 1. The van der Waals surface area contributed by atoms with Crippen molar-refractivity contribution in [3.05, 3.63) is 40.3 Å². The third kappa shape index (κ3) is 9.80. The van der Waals surface area contributed by atoms with Gasteiger partial charge in [0.25, 0.3) is 5.88 Å². The number of ether oxygens (including phenoxy) is 4. The maximum Gasteiger partial charge on any atom is 1.00 e. The van der Waals surface area contributed by atoms with E-state index in [4.69, 9.17) is 29.2 Å². The number of hydrogen-bond acceptors (Lipinski definition) is 10. The Morgan fingerprint density at radius 2 is 1.44 bits per heavy atom. The van der Waals surface area contributed by atoms with E-state index in [1.54, 1.807) is 17.0 Å². The van der Waals surface area contributed by atoms with Crippen LogP contribution in [0.3, 0.4) is 0 Å². The van der Waals surface area contributed by atoms with Gasteiger partial charge in [-0.15, -0.1) is 11.3 Å². The molecule has 1 aliphatic rings. The quantitative estimate of drug-likeness (QED) is 0.110. The number of carboxylic acids is 2. The van der Waals surface area contributed by atoms with Gasteiger partial charge in [0.1, 0.15) is 4.83 Å². The van der Waals surface area contributed by atoms with Crippen molar-refractivity contribution < 1.29 is 110 Å². The second kappa shape index (κ2) is 17.2. The van der Waals surface area contributed by atoms with Gasteiger partial charge in [-0.3, -0.25) is 19.2 Å². The molecule has 2 aromatic heterocycles. The number of hydrogen-bond donors (Lipinski definition) is 2. The van der Waals surface area contributed by atoms with E-state index in [0.29, 0.717) is 58.5 Å². The Balaban J connectivity index is 0.00000484. The Kier molecular flexibility index (Phi) is 14.7. The number of carboxylic acid groups (broad SMARTS) is 2. The molecule has 12 nitrogen and oxygen atoms in total. The normalized spacial score (nSPS) is 11.6. The largest absolute Gasteiger partial charge is 1.00 e. The van der Waals surface area contributed by atoms with Crippen molar-refractivity contribution in [2.45, 2.75) is 45.2 Å². The van der Waals surface area contributed by atoms with Gasteiger partial charge in [-0.25, -0.2) is 0 Å². The maximum atomic E-state index is 12.4. The average Bonchev–Trinajstić information content (AvgIpc) is 3.56. The van der Waals surface area contributed by atoms with Gasteiger partial charge in [0, 0.05) is 37.7 Å². The van der Waals surface area contributed by atoms with Crippen molar-refractivity contribution in [1.29, 1.82) is 0 Å². The minimum Gasteiger partial charge on any atom is -1.00 e. The molecule has 0 aliphatic carbocycles. The summed E-state index contributed by atoms with van der Waals surface area (Å²) in [4.78, 5) is 53.3. The first-order chi connectivity index (χ1) is 19.7. The van der Waals surface area contributed by atoms with Crippen molar-refractivity contribution in [3.8, 4) is 23.1 Å². The first kappa shape index (κ1) is 36.8. The SMILES string of the molecule is COc1cc2c(cc1OCCCOc1nc3sc(C(=O)CCC(=O)O)cc3cc1OC)CN(C(=O)CCC(=O)O)C2.[H-].[H-].[Na+].[Na+]. The summed E-state index contributed by atoms with van der Waals surface area (Å²) < 4.78 is 22.7. The molecule has 3 heterocycles. The first-order valence-electron chi connectivity index (χ1n) is 12.9. The fraction of sp³-hybridized carbons (Fsp3) is 0.393. The van der Waals surface area contributed by atoms with Crippen molar-refractivity contribution in [3.63, 3.8) is 0 Å². The van der Waals surface area contributed by atoms with Crippen molar-refractivity contribution >= 4 is 45.2 Å². The standard InChI is InChI=1S/C28H30N2O10S.2Na.2H/c1-37-20-11-17-14-30(24(32)5-7-26(35)36)15-18(17)12-21(20)39-8-3-9-40-27-22(38-2)10-16-13-23(41-28(16)29-27)19(31)4-6-25(33)34;;;;/h10-13H,3-9,14-15H2,1-2H3,(H,33,34)(H,35,36);;;;/q;2*+1;2*-1. The molecule has 0 fully saturated rings. The number of carbonyl (C=O) groups is 4. The molecule has 1 amide bonds. The Bertz CT molecular complexity index is 1490. The van der Waals surface area contributed by atoms with Crippen LogP contribution >= 0.6 is 11.3 Å². The van der Waals surface area contributed by atoms with E-state index in [0.717, 1.165) is 11.1 Å². The molecule has 0 saturated heterocycles. The van der Waals surface area contributed by atoms with Gasteiger partial charge in [0.05, 0.1) is 45.2 Å². The number of carbonyl (C=O) groups excluding carboxylic acids is 2. The number of ketones is 1. The number of rotatable bonds is 15. The molecule has 1 aliphatic heterocycles. The molecular formula is C28H32N2Na2O10S. The molecule has 222 valence electrons. The molecule has 1 aromatic carbocycles. The molecule has 3 aromatic rings. The predicted molar refractivity (Wildman–Crippen MR) is 149 cm³/mol. The molecule has 15 heteroatoms. The number of methoxy groups -OCH3 is 2. The summed E-state index contributed by atoms with van der Waals surface area (Å²) in [6.45, 7) is 1.34. The molecule has 0 saturated carbocycles. The molecule has 2 N–H and O–H groups in total. The van der Waals surface area contributed by atoms with Gasteiger partial charge in [-0.05, 0) is 35.4 Å². The van der Waals surface area contributed by atoms with Crippen molar-refractivity contribution in [1.82, 2.24) is 9.88 Å². The van der Waals surface area contributed by atoms with Gasteiger partial charge in [-0.2, -0.15) is 4.98 Å². The summed E-state index contributed by atoms with van der Waals surface area (Å²) in [5.41, 5.74) is 1.84. The molecular weight excluding hydrogens is 602 g/mol. The van der Waals surface area contributed by atoms with Crippen LogP contribution in [0.25, 0.3) is 10.2 Å².